The Morgan fingerprint density at radius 2 is 1.92 bits per heavy atom. The first-order chi connectivity index (χ1) is 12.9. The SMILES string of the molecule is C1=Cc2ccccc2C(c2ncc(CN3CCN(C4CCC4)CC3)[nH]2)C1. The van der Waals surface area contributed by atoms with Gasteiger partial charge in [0.05, 0.1) is 0 Å². The third-order valence-corrected chi connectivity index (χ3v) is 6.41. The third-order valence-electron chi connectivity index (χ3n) is 6.41. The van der Waals surface area contributed by atoms with Crippen LogP contribution in [0.3, 0.4) is 0 Å². The molecule has 1 saturated carbocycles. The standard InChI is InChI=1S/C22H28N4/c1-2-9-20-17(5-1)6-3-10-21(20)22-23-15-18(24-22)16-25-11-13-26(14-12-25)19-7-4-8-19/h1-3,5-6,9,15,19,21H,4,7-8,10-14,16H2,(H,23,24). The highest BCUT2D eigenvalue weighted by atomic mass is 15.3. The average Bonchev–Trinajstić information content (AvgIpc) is 3.10. The highest BCUT2D eigenvalue weighted by Crippen LogP contribution is 2.33. The fourth-order valence-electron chi connectivity index (χ4n) is 4.61. The molecule has 0 spiro atoms. The molecule has 136 valence electrons. The number of H-pyrrole nitrogens is 1. The van der Waals surface area contributed by atoms with Crippen LogP contribution in [0.1, 0.15) is 54.2 Å². The van der Waals surface area contributed by atoms with Crippen LogP contribution in [0.15, 0.2) is 36.5 Å². The molecule has 1 atom stereocenters. The van der Waals surface area contributed by atoms with Crippen molar-refractivity contribution >= 4 is 6.08 Å². The van der Waals surface area contributed by atoms with Crippen molar-refractivity contribution in [2.45, 2.75) is 44.2 Å². The maximum Gasteiger partial charge on any atom is 0.114 e. The minimum Gasteiger partial charge on any atom is -0.344 e. The molecular formula is C22H28N4. The van der Waals surface area contributed by atoms with Gasteiger partial charge in [-0.2, -0.15) is 0 Å². The van der Waals surface area contributed by atoms with E-state index in [2.05, 4.69) is 57.4 Å². The molecule has 1 aliphatic heterocycles. The molecule has 2 fully saturated rings. The second kappa shape index (κ2) is 7.01. The van der Waals surface area contributed by atoms with Crippen molar-refractivity contribution in [3.63, 3.8) is 0 Å². The Morgan fingerprint density at radius 1 is 1.08 bits per heavy atom. The normalized spacial score (nSPS) is 24.4. The lowest BCUT2D eigenvalue weighted by molar-refractivity contribution is 0.0583. The predicted molar refractivity (Wildman–Crippen MR) is 105 cm³/mol. The maximum absolute atomic E-state index is 4.74. The second-order valence-electron chi connectivity index (χ2n) is 8.01. The van der Waals surface area contributed by atoms with E-state index in [1.807, 2.05) is 0 Å². The summed E-state index contributed by atoms with van der Waals surface area (Å²) in [5.41, 5.74) is 3.97. The van der Waals surface area contributed by atoms with Gasteiger partial charge in [0.25, 0.3) is 0 Å². The number of aromatic amines is 1. The van der Waals surface area contributed by atoms with Crippen molar-refractivity contribution in [2.75, 3.05) is 26.2 Å². The zero-order valence-electron chi connectivity index (χ0n) is 15.4. The van der Waals surface area contributed by atoms with Crippen molar-refractivity contribution in [2.24, 2.45) is 0 Å². The van der Waals surface area contributed by atoms with E-state index in [0.717, 1.165) is 24.8 Å². The number of piperazine rings is 1. The minimum atomic E-state index is 0.361. The summed E-state index contributed by atoms with van der Waals surface area (Å²) < 4.78 is 0. The highest BCUT2D eigenvalue weighted by molar-refractivity contribution is 5.58. The topological polar surface area (TPSA) is 35.2 Å². The molecule has 4 heteroatoms. The summed E-state index contributed by atoms with van der Waals surface area (Å²) in [6.45, 7) is 5.81. The maximum atomic E-state index is 4.74. The number of benzene rings is 1. The summed E-state index contributed by atoms with van der Waals surface area (Å²) in [5.74, 6) is 1.48. The van der Waals surface area contributed by atoms with Gasteiger partial charge in [0.2, 0.25) is 0 Å². The van der Waals surface area contributed by atoms with Gasteiger partial charge in [0.1, 0.15) is 5.82 Å². The van der Waals surface area contributed by atoms with Crippen LogP contribution < -0.4 is 0 Å². The lowest BCUT2D eigenvalue weighted by atomic mass is 9.87. The molecule has 26 heavy (non-hydrogen) atoms. The molecule has 2 heterocycles. The first kappa shape index (κ1) is 16.3. The molecule has 2 aromatic rings. The smallest absolute Gasteiger partial charge is 0.114 e. The minimum absolute atomic E-state index is 0.361. The van der Waals surface area contributed by atoms with Crippen molar-refractivity contribution < 1.29 is 0 Å². The van der Waals surface area contributed by atoms with E-state index in [-0.39, 0.29) is 0 Å². The second-order valence-corrected chi connectivity index (χ2v) is 8.01. The highest BCUT2D eigenvalue weighted by Gasteiger charge is 2.28. The van der Waals surface area contributed by atoms with Gasteiger partial charge in [-0.1, -0.05) is 42.8 Å². The van der Waals surface area contributed by atoms with Crippen LogP contribution in [0.4, 0.5) is 0 Å². The number of allylic oxidation sites excluding steroid dienone is 1. The number of hydrogen-bond acceptors (Lipinski definition) is 3. The number of rotatable bonds is 4. The Kier molecular flexibility index (Phi) is 4.39. The number of nitrogens with zero attached hydrogens (tertiary/aromatic N) is 3. The first-order valence-corrected chi connectivity index (χ1v) is 10.1. The fourth-order valence-corrected chi connectivity index (χ4v) is 4.61. The molecule has 2 aliphatic carbocycles. The van der Waals surface area contributed by atoms with E-state index >= 15 is 0 Å². The Morgan fingerprint density at radius 3 is 2.73 bits per heavy atom. The van der Waals surface area contributed by atoms with E-state index in [1.54, 1.807) is 0 Å². The Hall–Kier alpha value is -1.91. The van der Waals surface area contributed by atoms with E-state index in [9.17, 15) is 0 Å². The summed E-state index contributed by atoms with van der Waals surface area (Å²) in [6.07, 6.45) is 11.9. The van der Waals surface area contributed by atoms with Crippen molar-refractivity contribution in [1.29, 1.82) is 0 Å². The van der Waals surface area contributed by atoms with Crippen LogP contribution in [-0.4, -0.2) is 52.0 Å². The number of nitrogens with one attached hydrogen (secondary N) is 1. The Balaban J connectivity index is 1.23. The average molecular weight is 348 g/mol. The molecule has 0 radical (unpaired) electrons. The quantitative estimate of drug-likeness (QED) is 0.916. The summed E-state index contributed by atoms with van der Waals surface area (Å²) in [6, 6.07) is 9.57. The number of hydrogen-bond donors (Lipinski definition) is 1. The largest absolute Gasteiger partial charge is 0.344 e. The lowest BCUT2D eigenvalue weighted by Gasteiger charge is -2.42. The molecule has 1 aromatic carbocycles. The predicted octanol–water partition coefficient (Wildman–Crippen LogP) is 3.63. The van der Waals surface area contributed by atoms with E-state index in [1.165, 1.54) is 62.3 Å². The molecule has 1 unspecified atom stereocenters. The van der Waals surface area contributed by atoms with Crippen LogP contribution in [0, 0.1) is 0 Å². The van der Waals surface area contributed by atoms with Gasteiger partial charge in [0, 0.05) is 56.6 Å². The first-order valence-electron chi connectivity index (χ1n) is 10.1. The van der Waals surface area contributed by atoms with Gasteiger partial charge < -0.3 is 4.98 Å². The monoisotopic (exact) mass is 348 g/mol. The third kappa shape index (κ3) is 3.12. The zero-order chi connectivity index (χ0) is 17.3. The van der Waals surface area contributed by atoms with E-state index < -0.39 is 0 Å². The number of fused-ring (bicyclic) bond motifs is 1. The van der Waals surface area contributed by atoms with Crippen LogP contribution in [0.2, 0.25) is 0 Å². The Labute approximate surface area is 155 Å². The van der Waals surface area contributed by atoms with Crippen molar-refractivity contribution in [3.05, 3.63) is 59.2 Å². The van der Waals surface area contributed by atoms with Gasteiger partial charge in [-0.15, -0.1) is 0 Å². The molecule has 5 rings (SSSR count). The summed E-state index contributed by atoms with van der Waals surface area (Å²) in [5, 5.41) is 0. The Bertz CT molecular complexity index is 781. The fraction of sp³-hybridized carbons (Fsp3) is 0.500. The van der Waals surface area contributed by atoms with Gasteiger partial charge in [-0.25, -0.2) is 4.98 Å². The van der Waals surface area contributed by atoms with Gasteiger partial charge in [0.15, 0.2) is 0 Å². The molecule has 1 saturated heterocycles. The van der Waals surface area contributed by atoms with Crippen LogP contribution in [0.25, 0.3) is 6.08 Å². The van der Waals surface area contributed by atoms with Gasteiger partial charge in [-0.05, 0) is 30.4 Å². The lowest BCUT2D eigenvalue weighted by Crippen LogP contribution is -2.51. The summed E-state index contributed by atoms with van der Waals surface area (Å²) >= 11 is 0. The van der Waals surface area contributed by atoms with Crippen LogP contribution >= 0.6 is 0 Å². The van der Waals surface area contributed by atoms with Crippen molar-refractivity contribution in [1.82, 2.24) is 19.8 Å². The molecule has 0 bridgehead atoms. The zero-order valence-corrected chi connectivity index (χ0v) is 15.4. The molecule has 4 nitrogen and oxygen atoms in total. The summed E-state index contributed by atoms with van der Waals surface area (Å²) in [4.78, 5) is 13.6. The molecule has 0 amide bonds. The van der Waals surface area contributed by atoms with Gasteiger partial charge in [-0.3, -0.25) is 9.80 Å². The van der Waals surface area contributed by atoms with E-state index in [0.29, 0.717) is 5.92 Å². The molecule has 3 aliphatic rings. The number of aromatic nitrogens is 2. The molecule has 1 N–H and O–H groups in total. The molecular weight excluding hydrogens is 320 g/mol. The number of imidazole rings is 1. The van der Waals surface area contributed by atoms with Crippen LogP contribution in [0.5, 0.6) is 0 Å². The van der Waals surface area contributed by atoms with Crippen LogP contribution in [-0.2, 0) is 6.54 Å². The van der Waals surface area contributed by atoms with E-state index in [4.69, 9.17) is 4.98 Å². The van der Waals surface area contributed by atoms with Gasteiger partial charge >= 0.3 is 0 Å². The van der Waals surface area contributed by atoms with Crippen molar-refractivity contribution in [3.8, 4) is 0 Å². The summed E-state index contributed by atoms with van der Waals surface area (Å²) in [7, 11) is 0. The molecule has 1 aromatic heterocycles.